The fourth-order valence-corrected chi connectivity index (χ4v) is 3.90. The number of hydrogen-bond acceptors (Lipinski definition) is 0. The van der Waals surface area contributed by atoms with E-state index in [0.29, 0.717) is 0 Å². The molecular weight excluding hydrogens is 96.1 g/mol. The van der Waals surface area contributed by atoms with Crippen LogP contribution in [0.5, 0.6) is 0 Å². The largest absolute Gasteiger partial charge is 0.0619 e. The maximum atomic E-state index is 2.45. The summed E-state index contributed by atoms with van der Waals surface area (Å²) < 4.78 is 0. The van der Waals surface area contributed by atoms with Gasteiger partial charge in [-0.25, -0.2) is 0 Å². The fourth-order valence-electron chi connectivity index (χ4n) is 3.90. The molecule has 0 heterocycles. The Kier molecular flexibility index (Phi) is 0.231. The van der Waals surface area contributed by atoms with Gasteiger partial charge in [0.25, 0.3) is 0 Å². The van der Waals surface area contributed by atoms with E-state index in [1.807, 2.05) is 0 Å². The zero-order valence-corrected chi connectivity index (χ0v) is 5.04. The third-order valence-electron chi connectivity index (χ3n) is 4.35. The fraction of sp³-hybridized carbons (Fsp3) is 1.00. The van der Waals surface area contributed by atoms with Crippen LogP contribution in [0.3, 0.4) is 0 Å². The van der Waals surface area contributed by atoms with Gasteiger partial charge in [-0.1, -0.05) is 6.92 Å². The Labute approximate surface area is 49.3 Å². The van der Waals surface area contributed by atoms with Crippen LogP contribution in [0.1, 0.15) is 6.92 Å². The summed E-state index contributed by atoms with van der Waals surface area (Å²) in [6.07, 6.45) is 0. The monoisotopic (exact) mass is 106 g/mol. The Hall–Kier alpha value is 0. The normalized spacial score (nSPS) is 94.9. The molecule has 0 spiro atoms. The Bertz CT molecular complexity index is 156. The molecule has 0 saturated heterocycles. The molecule has 3 unspecified atom stereocenters. The highest BCUT2D eigenvalue weighted by atomic mass is 14.9. The molecular formula is C8H10. The molecule has 5 aliphatic rings. The molecule has 0 nitrogen and oxygen atoms in total. The predicted octanol–water partition coefficient (Wildman–Crippen LogP) is 1.37. The van der Waals surface area contributed by atoms with Crippen LogP contribution in [0.25, 0.3) is 0 Å². The standard InChI is InChI=1S/C8H10/c1-2-3-4(2)6-7-5(3)8(6)7/h2-8H,1H3/t2?,3-,4+,5?,6?,7?,8?. The van der Waals surface area contributed by atoms with Gasteiger partial charge in [0, 0.05) is 0 Å². The van der Waals surface area contributed by atoms with E-state index in [9.17, 15) is 0 Å². The van der Waals surface area contributed by atoms with E-state index in [0.717, 1.165) is 0 Å². The first kappa shape index (κ1) is 3.24. The second-order valence-corrected chi connectivity index (χ2v) is 4.32. The quantitative estimate of drug-likeness (QED) is 0.437. The van der Waals surface area contributed by atoms with E-state index in [2.05, 4.69) is 6.92 Å². The minimum absolute atomic E-state index is 1.17. The maximum absolute atomic E-state index is 2.45. The highest BCUT2D eigenvalue weighted by molar-refractivity contribution is 5.37. The van der Waals surface area contributed by atoms with Gasteiger partial charge in [0.1, 0.15) is 0 Å². The van der Waals surface area contributed by atoms with E-state index < -0.39 is 0 Å². The Morgan fingerprint density at radius 2 is 1.00 bits per heavy atom. The molecule has 5 aliphatic carbocycles. The smallest absolute Gasteiger partial charge is 0.0312 e. The molecule has 8 heavy (non-hydrogen) atoms. The Balaban J connectivity index is 1.93. The lowest BCUT2D eigenvalue weighted by atomic mass is 10.0. The molecule has 0 aliphatic heterocycles. The van der Waals surface area contributed by atoms with Crippen LogP contribution in [0, 0.1) is 41.4 Å². The molecule has 5 rings (SSSR count). The van der Waals surface area contributed by atoms with E-state index in [1.54, 1.807) is 0 Å². The van der Waals surface area contributed by atoms with E-state index in [4.69, 9.17) is 0 Å². The van der Waals surface area contributed by atoms with Gasteiger partial charge in [-0.15, -0.1) is 0 Å². The minimum Gasteiger partial charge on any atom is -0.0619 e. The van der Waals surface area contributed by atoms with Gasteiger partial charge >= 0.3 is 0 Å². The molecule has 0 N–H and O–H groups in total. The van der Waals surface area contributed by atoms with Crippen molar-refractivity contribution in [2.24, 2.45) is 41.4 Å². The van der Waals surface area contributed by atoms with Gasteiger partial charge in [0.15, 0.2) is 0 Å². The summed E-state index contributed by atoms with van der Waals surface area (Å²) in [5, 5.41) is 0. The predicted molar refractivity (Wildman–Crippen MR) is 30.1 cm³/mol. The first-order valence-corrected chi connectivity index (χ1v) is 3.91. The number of hydrogen-bond donors (Lipinski definition) is 0. The van der Waals surface area contributed by atoms with Crippen molar-refractivity contribution in [3.63, 3.8) is 0 Å². The Morgan fingerprint density at radius 1 is 0.625 bits per heavy atom. The SMILES string of the molecule is CC1[C@H]2C3C4C3C4[C@@H]12. The third kappa shape index (κ3) is 0.130. The Morgan fingerprint density at radius 3 is 1.38 bits per heavy atom. The average Bonchev–Trinajstić information content (AvgIpc) is 2.60. The van der Waals surface area contributed by atoms with Gasteiger partial charge in [-0.3, -0.25) is 0 Å². The zero-order chi connectivity index (χ0) is 5.04. The molecule has 0 aromatic heterocycles. The first-order valence-electron chi connectivity index (χ1n) is 3.91. The summed E-state index contributed by atoms with van der Waals surface area (Å²) in [7, 11) is 0. The summed E-state index contributed by atoms with van der Waals surface area (Å²) in [5.74, 6) is 8.88. The maximum Gasteiger partial charge on any atom is -0.0312 e. The lowest BCUT2D eigenvalue weighted by molar-refractivity contribution is 0.466. The van der Waals surface area contributed by atoms with Crippen LogP contribution >= 0.6 is 0 Å². The molecule has 0 aromatic rings. The van der Waals surface area contributed by atoms with E-state index in [-0.39, 0.29) is 0 Å². The molecule has 0 aromatic carbocycles. The van der Waals surface area contributed by atoms with Crippen molar-refractivity contribution in [1.82, 2.24) is 0 Å². The van der Waals surface area contributed by atoms with Gasteiger partial charge < -0.3 is 0 Å². The van der Waals surface area contributed by atoms with Crippen molar-refractivity contribution in [2.45, 2.75) is 6.92 Å². The van der Waals surface area contributed by atoms with Crippen molar-refractivity contribution in [3.05, 3.63) is 0 Å². The molecule has 0 amide bonds. The summed E-state index contributed by atoms with van der Waals surface area (Å²) in [6, 6.07) is 0. The summed E-state index contributed by atoms with van der Waals surface area (Å²) in [4.78, 5) is 0. The average molecular weight is 106 g/mol. The van der Waals surface area contributed by atoms with Crippen molar-refractivity contribution in [3.8, 4) is 0 Å². The number of rotatable bonds is 0. The molecule has 5 saturated carbocycles. The summed E-state index contributed by atoms with van der Waals surface area (Å²) in [5.41, 5.74) is 0. The second-order valence-electron chi connectivity index (χ2n) is 4.32. The van der Waals surface area contributed by atoms with Gasteiger partial charge in [-0.2, -0.15) is 0 Å². The second kappa shape index (κ2) is 0.571. The highest BCUT2D eigenvalue weighted by Crippen LogP contribution is 2.94. The topological polar surface area (TPSA) is 0 Å². The molecule has 5 fully saturated rings. The molecule has 0 heteroatoms. The van der Waals surface area contributed by atoms with Crippen molar-refractivity contribution in [2.75, 3.05) is 0 Å². The molecule has 0 radical (unpaired) electrons. The van der Waals surface area contributed by atoms with Crippen LogP contribution in [0.4, 0.5) is 0 Å². The summed E-state index contributed by atoms with van der Waals surface area (Å²) in [6.45, 7) is 2.45. The van der Waals surface area contributed by atoms with E-state index >= 15 is 0 Å². The highest BCUT2D eigenvalue weighted by Gasteiger charge is 2.90. The van der Waals surface area contributed by atoms with Gasteiger partial charge in [0.05, 0.1) is 0 Å². The van der Waals surface area contributed by atoms with Gasteiger partial charge in [-0.05, 0) is 41.4 Å². The molecule has 2 bridgehead atoms. The van der Waals surface area contributed by atoms with Crippen molar-refractivity contribution >= 4 is 0 Å². The van der Waals surface area contributed by atoms with Crippen LogP contribution < -0.4 is 0 Å². The van der Waals surface area contributed by atoms with Crippen molar-refractivity contribution < 1.29 is 0 Å². The summed E-state index contributed by atoms with van der Waals surface area (Å²) >= 11 is 0. The third-order valence-corrected chi connectivity index (χ3v) is 4.35. The minimum atomic E-state index is 1.17. The molecule has 42 valence electrons. The van der Waals surface area contributed by atoms with Crippen molar-refractivity contribution in [1.29, 1.82) is 0 Å². The van der Waals surface area contributed by atoms with Gasteiger partial charge in [0.2, 0.25) is 0 Å². The van der Waals surface area contributed by atoms with Crippen LogP contribution in [-0.4, -0.2) is 0 Å². The lowest BCUT2D eigenvalue weighted by Gasteiger charge is -2.00. The van der Waals surface area contributed by atoms with Crippen LogP contribution in [0.15, 0.2) is 0 Å². The zero-order valence-electron chi connectivity index (χ0n) is 5.04. The first-order chi connectivity index (χ1) is 3.91. The molecule has 5 atom stereocenters. The van der Waals surface area contributed by atoms with E-state index in [1.165, 1.54) is 41.4 Å². The lowest BCUT2D eigenvalue weighted by Crippen LogP contribution is -1.96. The van der Waals surface area contributed by atoms with Crippen LogP contribution in [0.2, 0.25) is 0 Å². The van der Waals surface area contributed by atoms with Crippen LogP contribution in [-0.2, 0) is 0 Å².